The van der Waals surface area contributed by atoms with Crippen molar-refractivity contribution in [2.24, 2.45) is 0 Å². The van der Waals surface area contributed by atoms with E-state index in [1.165, 1.54) is 6.92 Å². The van der Waals surface area contributed by atoms with Crippen molar-refractivity contribution in [3.63, 3.8) is 0 Å². The quantitative estimate of drug-likeness (QED) is 0.361. The molecule has 0 aromatic carbocycles. The van der Waals surface area contributed by atoms with Gasteiger partial charge in [0.25, 0.3) is 0 Å². The lowest BCUT2D eigenvalue weighted by Gasteiger charge is -2.37. The Hall–Kier alpha value is -1.27. The summed E-state index contributed by atoms with van der Waals surface area (Å²) >= 11 is 0. The third-order valence-electron chi connectivity index (χ3n) is 8.89. The summed E-state index contributed by atoms with van der Waals surface area (Å²) in [5.74, 6) is 0.387. The van der Waals surface area contributed by atoms with Crippen molar-refractivity contribution in [1.29, 1.82) is 0 Å². The number of β-amino-alcohol motifs (C(OH)–C–C–N with tert-alkyl or cyclic N) is 3. The van der Waals surface area contributed by atoms with Crippen molar-refractivity contribution in [2.75, 3.05) is 39.3 Å². The minimum atomic E-state index is -0.723. The van der Waals surface area contributed by atoms with Crippen LogP contribution in [-0.2, 0) is 14.4 Å². The maximum absolute atomic E-state index is 11.4. The molecule has 0 saturated carbocycles. The lowest BCUT2D eigenvalue weighted by atomic mass is 9.97. The number of ketones is 3. The Labute approximate surface area is 229 Å². The van der Waals surface area contributed by atoms with Crippen molar-refractivity contribution in [1.82, 2.24) is 14.7 Å². The normalized spacial score (nSPS) is 27.4. The minimum Gasteiger partial charge on any atom is -0.395 e. The number of aliphatic hydroxyl groups excluding tert-OH is 4. The molecular formula is C28H53N3O7. The molecular weight excluding hydrogens is 490 g/mol. The van der Waals surface area contributed by atoms with Gasteiger partial charge in [0.2, 0.25) is 0 Å². The van der Waals surface area contributed by atoms with Crippen LogP contribution in [0, 0.1) is 0 Å². The molecule has 3 aliphatic rings. The second-order valence-electron chi connectivity index (χ2n) is 12.4. The molecule has 222 valence electrons. The predicted molar refractivity (Wildman–Crippen MR) is 147 cm³/mol. The van der Waals surface area contributed by atoms with Crippen molar-refractivity contribution in [3.05, 3.63) is 0 Å². The summed E-state index contributed by atoms with van der Waals surface area (Å²) < 4.78 is 0. The van der Waals surface area contributed by atoms with Crippen molar-refractivity contribution in [2.45, 2.75) is 123 Å². The Balaban J connectivity index is 0.000000285. The maximum Gasteiger partial charge on any atom is 0.149 e. The van der Waals surface area contributed by atoms with E-state index in [9.17, 15) is 29.7 Å². The molecule has 0 bridgehead atoms. The SMILES string of the molecule is CC(=O)C(C)(C)N1CC(O)C(O)C1.CC(=O)C(C)(C)N1CCC(O)C1.CC(=O)C(C)(C)N1CCCC1CO. The summed E-state index contributed by atoms with van der Waals surface area (Å²) in [6.45, 7) is 19.3. The number of aliphatic hydroxyl groups is 4. The molecule has 10 nitrogen and oxygen atoms in total. The van der Waals surface area contributed by atoms with Gasteiger partial charge in [0, 0.05) is 32.2 Å². The molecule has 4 N–H and O–H groups in total. The Morgan fingerprint density at radius 2 is 1.13 bits per heavy atom. The van der Waals surface area contributed by atoms with Gasteiger partial charge in [-0.25, -0.2) is 0 Å². The molecule has 4 atom stereocenters. The first kappa shape index (κ1) is 34.8. The summed E-state index contributed by atoms with van der Waals surface area (Å²) in [7, 11) is 0. The van der Waals surface area contributed by atoms with Crippen molar-refractivity contribution >= 4 is 17.3 Å². The van der Waals surface area contributed by atoms with Crippen LogP contribution in [0.2, 0.25) is 0 Å². The average molecular weight is 544 g/mol. The number of carbonyl (C=O) groups excluding carboxylic acids is 3. The van der Waals surface area contributed by atoms with Crippen molar-refractivity contribution in [3.8, 4) is 0 Å². The van der Waals surface area contributed by atoms with Crippen LogP contribution < -0.4 is 0 Å². The van der Waals surface area contributed by atoms with Crippen molar-refractivity contribution < 1.29 is 34.8 Å². The van der Waals surface area contributed by atoms with E-state index in [0.717, 1.165) is 32.4 Å². The van der Waals surface area contributed by atoms with Gasteiger partial charge in [-0.15, -0.1) is 0 Å². The molecule has 0 amide bonds. The molecule has 0 aromatic heterocycles. The molecule has 3 aliphatic heterocycles. The number of nitrogens with zero attached hydrogens (tertiary/aromatic N) is 3. The van der Waals surface area contributed by atoms with Gasteiger partial charge < -0.3 is 20.4 Å². The molecule has 0 aliphatic carbocycles. The molecule has 4 unspecified atom stereocenters. The van der Waals surface area contributed by atoms with E-state index in [0.29, 0.717) is 19.6 Å². The Kier molecular flexibility index (Phi) is 12.7. The first-order valence-corrected chi connectivity index (χ1v) is 13.7. The highest BCUT2D eigenvalue weighted by atomic mass is 16.3. The van der Waals surface area contributed by atoms with Gasteiger partial charge in [-0.1, -0.05) is 0 Å². The van der Waals surface area contributed by atoms with Crippen LogP contribution in [0.1, 0.15) is 81.6 Å². The standard InChI is InChI=1S/C10H19NO2.C9H17NO3.C9H17NO2/c1-8(13)10(2,3)11-6-4-5-9(11)7-12;1-6(11)9(2,3)10-4-7(12)8(13)5-10;1-7(11)9(2,3)10-5-4-8(12)6-10/h9,12H,4-7H2,1-3H3;7-8,12-13H,4-5H2,1-3H3;8,12H,4-6H2,1-3H3. The fraction of sp³-hybridized carbons (Fsp3) is 0.893. The summed E-state index contributed by atoms with van der Waals surface area (Å²) in [6.07, 6.45) is 1.19. The van der Waals surface area contributed by atoms with Crippen LogP contribution in [-0.4, -0.2) is 133 Å². The van der Waals surface area contributed by atoms with E-state index < -0.39 is 28.8 Å². The van der Waals surface area contributed by atoms with Crippen LogP contribution in [0.15, 0.2) is 0 Å². The Morgan fingerprint density at radius 1 is 0.684 bits per heavy atom. The van der Waals surface area contributed by atoms with E-state index in [1.807, 2.05) is 37.5 Å². The van der Waals surface area contributed by atoms with Crippen LogP contribution in [0.5, 0.6) is 0 Å². The monoisotopic (exact) mass is 543 g/mol. The minimum absolute atomic E-state index is 0.0498. The largest absolute Gasteiger partial charge is 0.395 e. The van der Waals surface area contributed by atoms with E-state index in [1.54, 1.807) is 27.7 Å². The lowest BCUT2D eigenvalue weighted by molar-refractivity contribution is -0.128. The topological polar surface area (TPSA) is 142 Å². The maximum atomic E-state index is 11.4. The van der Waals surface area contributed by atoms with Crippen LogP contribution in [0.25, 0.3) is 0 Å². The number of hydrogen-bond donors (Lipinski definition) is 4. The molecule has 10 heteroatoms. The van der Waals surface area contributed by atoms with Gasteiger partial charge >= 0.3 is 0 Å². The van der Waals surface area contributed by atoms with Gasteiger partial charge in [-0.3, -0.25) is 29.1 Å². The van der Waals surface area contributed by atoms with Crippen LogP contribution in [0.3, 0.4) is 0 Å². The summed E-state index contributed by atoms with van der Waals surface area (Å²) in [5, 5.41) is 37.0. The van der Waals surface area contributed by atoms with Gasteiger partial charge in [0.1, 0.15) is 17.3 Å². The molecule has 38 heavy (non-hydrogen) atoms. The second-order valence-corrected chi connectivity index (χ2v) is 12.4. The molecule has 0 aromatic rings. The highest BCUT2D eigenvalue weighted by Crippen LogP contribution is 2.27. The fourth-order valence-electron chi connectivity index (χ4n) is 4.88. The van der Waals surface area contributed by atoms with Gasteiger partial charge in [-0.05, 0) is 88.1 Å². The highest BCUT2D eigenvalue weighted by Gasteiger charge is 2.41. The summed E-state index contributed by atoms with van der Waals surface area (Å²) in [6, 6.07) is 0.180. The van der Waals surface area contributed by atoms with E-state index in [4.69, 9.17) is 5.11 Å². The third-order valence-corrected chi connectivity index (χ3v) is 8.89. The highest BCUT2D eigenvalue weighted by molar-refractivity contribution is 5.86. The zero-order valence-corrected chi connectivity index (χ0v) is 25.0. The number of Topliss-reactive ketones (excluding diaryl/α,β-unsaturated/α-hetero) is 3. The van der Waals surface area contributed by atoms with E-state index >= 15 is 0 Å². The first-order chi connectivity index (χ1) is 17.3. The van der Waals surface area contributed by atoms with Crippen LogP contribution in [0.4, 0.5) is 0 Å². The lowest BCUT2D eigenvalue weighted by Crippen LogP contribution is -2.52. The van der Waals surface area contributed by atoms with Crippen LogP contribution >= 0.6 is 0 Å². The van der Waals surface area contributed by atoms with E-state index in [2.05, 4.69) is 4.90 Å². The van der Waals surface area contributed by atoms with Gasteiger partial charge in [0.15, 0.2) is 0 Å². The molecule has 0 spiro atoms. The summed E-state index contributed by atoms with van der Waals surface area (Å²) in [4.78, 5) is 39.9. The zero-order chi connectivity index (χ0) is 29.6. The van der Waals surface area contributed by atoms with E-state index in [-0.39, 0.29) is 36.1 Å². The number of rotatable bonds is 7. The number of hydrogen-bond acceptors (Lipinski definition) is 10. The first-order valence-electron chi connectivity index (χ1n) is 13.7. The smallest absolute Gasteiger partial charge is 0.149 e. The third kappa shape index (κ3) is 8.61. The Bertz CT molecular complexity index is 804. The predicted octanol–water partition coefficient (Wildman–Crippen LogP) is 0.623. The molecule has 3 rings (SSSR count). The molecule has 3 fully saturated rings. The zero-order valence-electron chi connectivity index (χ0n) is 25.0. The number of carbonyl (C=O) groups is 3. The number of likely N-dealkylation sites (tertiary alicyclic amines) is 3. The Morgan fingerprint density at radius 3 is 1.50 bits per heavy atom. The molecule has 0 radical (unpaired) electrons. The fourth-order valence-corrected chi connectivity index (χ4v) is 4.88. The average Bonchev–Trinajstić information content (AvgIpc) is 3.55. The molecule has 3 heterocycles. The molecule has 3 saturated heterocycles. The second kappa shape index (κ2) is 13.9. The summed E-state index contributed by atoms with van der Waals surface area (Å²) in [5.41, 5.74) is -1.40. The van der Waals surface area contributed by atoms with Gasteiger partial charge in [0.05, 0.1) is 41.5 Å². The van der Waals surface area contributed by atoms with Gasteiger partial charge in [-0.2, -0.15) is 0 Å².